The number of anilines is 1. The van der Waals surface area contributed by atoms with Gasteiger partial charge in [-0.15, -0.1) is 0 Å². The molecule has 84 valence electrons. The van der Waals surface area contributed by atoms with Gasteiger partial charge in [-0.1, -0.05) is 11.3 Å². The van der Waals surface area contributed by atoms with E-state index in [0.717, 1.165) is 36.0 Å². The first-order chi connectivity index (χ1) is 7.29. The minimum atomic E-state index is 0.0748. The van der Waals surface area contributed by atoms with Crippen molar-refractivity contribution < 1.29 is 9.84 Å². The Morgan fingerprint density at radius 2 is 2.60 bits per heavy atom. The molecule has 1 fully saturated rings. The maximum Gasteiger partial charge on any atom is 0.185 e. The van der Waals surface area contributed by atoms with Gasteiger partial charge in [0.1, 0.15) is 0 Å². The second-order valence-corrected chi connectivity index (χ2v) is 4.88. The lowest BCUT2D eigenvalue weighted by molar-refractivity contribution is 0.116. The predicted octanol–water partition coefficient (Wildman–Crippen LogP) is 1.25. The minimum absolute atomic E-state index is 0.0748. The number of aliphatic hydroxyl groups excluding tert-OH is 1. The molecule has 1 atom stereocenters. The van der Waals surface area contributed by atoms with Gasteiger partial charge in [0, 0.05) is 26.4 Å². The Labute approximate surface area is 93.5 Å². The van der Waals surface area contributed by atoms with Crippen molar-refractivity contribution in [1.29, 1.82) is 0 Å². The summed E-state index contributed by atoms with van der Waals surface area (Å²) in [4.78, 5) is 7.26. The molecular formula is C10H16N2O2S. The van der Waals surface area contributed by atoms with Crippen molar-refractivity contribution in [1.82, 2.24) is 4.98 Å². The van der Waals surface area contributed by atoms with Gasteiger partial charge in [-0.05, 0) is 12.8 Å². The van der Waals surface area contributed by atoms with Crippen molar-refractivity contribution in [3.63, 3.8) is 0 Å². The molecule has 1 aliphatic heterocycles. The van der Waals surface area contributed by atoms with Gasteiger partial charge in [0.25, 0.3) is 0 Å². The first kappa shape index (κ1) is 10.9. The fourth-order valence-electron chi connectivity index (χ4n) is 1.72. The number of nitrogens with zero attached hydrogens (tertiary/aromatic N) is 2. The van der Waals surface area contributed by atoms with E-state index in [9.17, 15) is 0 Å². The third kappa shape index (κ3) is 2.68. The number of ether oxygens (including phenoxy) is 1. The van der Waals surface area contributed by atoms with Crippen LogP contribution < -0.4 is 4.90 Å². The molecule has 1 aliphatic rings. The monoisotopic (exact) mass is 228 g/mol. The normalized spacial score (nSPS) is 20.8. The summed E-state index contributed by atoms with van der Waals surface area (Å²) in [6.45, 7) is 1.85. The van der Waals surface area contributed by atoms with E-state index < -0.39 is 0 Å². The van der Waals surface area contributed by atoms with E-state index in [1.807, 2.05) is 7.05 Å². The van der Waals surface area contributed by atoms with Crippen molar-refractivity contribution in [2.24, 2.45) is 0 Å². The predicted molar refractivity (Wildman–Crippen MR) is 60.3 cm³/mol. The van der Waals surface area contributed by atoms with Crippen LogP contribution in [0.2, 0.25) is 0 Å². The summed E-state index contributed by atoms with van der Waals surface area (Å²) in [6.07, 6.45) is 4.38. The molecule has 0 radical (unpaired) electrons. The first-order valence-electron chi connectivity index (χ1n) is 5.18. The Hall–Kier alpha value is -0.650. The molecule has 1 unspecified atom stereocenters. The largest absolute Gasteiger partial charge is 0.391 e. The maximum absolute atomic E-state index is 8.94. The molecule has 1 saturated heterocycles. The van der Waals surface area contributed by atoms with Crippen molar-refractivity contribution in [2.75, 3.05) is 25.1 Å². The van der Waals surface area contributed by atoms with E-state index in [2.05, 4.69) is 9.88 Å². The quantitative estimate of drug-likeness (QED) is 0.842. The second kappa shape index (κ2) is 4.92. The summed E-state index contributed by atoms with van der Waals surface area (Å²) < 4.78 is 5.56. The number of aromatic nitrogens is 1. The summed E-state index contributed by atoms with van der Waals surface area (Å²) in [7, 11) is 2.02. The molecule has 4 nitrogen and oxygen atoms in total. The molecule has 2 rings (SSSR count). The minimum Gasteiger partial charge on any atom is -0.391 e. The molecule has 5 heteroatoms. The van der Waals surface area contributed by atoms with Crippen LogP contribution in [-0.4, -0.2) is 36.4 Å². The summed E-state index contributed by atoms with van der Waals surface area (Å²) in [5.41, 5.74) is 0. The van der Waals surface area contributed by atoms with Crippen LogP contribution in [0.15, 0.2) is 6.20 Å². The molecule has 0 saturated carbocycles. The van der Waals surface area contributed by atoms with Gasteiger partial charge in [-0.2, -0.15) is 0 Å². The average molecular weight is 228 g/mol. The van der Waals surface area contributed by atoms with Crippen molar-refractivity contribution in [2.45, 2.75) is 25.6 Å². The van der Waals surface area contributed by atoms with Gasteiger partial charge >= 0.3 is 0 Å². The van der Waals surface area contributed by atoms with Gasteiger partial charge in [-0.3, -0.25) is 0 Å². The van der Waals surface area contributed by atoms with Crippen LogP contribution in [0.25, 0.3) is 0 Å². The number of aliphatic hydroxyl groups is 1. The lowest BCUT2D eigenvalue weighted by atomic mass is 10.2. The van der Waals surface area contributed by atoms with Gasteiger partial charge in [0.05, 0.1) is 17.6 Å². The van der Waals surface area contributed by atoms with Crippen LogP contribution in [-0.2, 0) is 11.3 Å². The van der Waals surface area contributed by atoms with Crippen LogP contribution in [0.5, 0.6) is 0 Å². The molecular weight excluding hydrogens is 212 g/mol. The van der Waals surface area contributed by atoms with Crippen molar-refractivity contribution in [3.8, 4) is 0 Å². The summed E-state index contributed by atoms with van der Waals surface area (Å²) in [6, 6.07) is 0. The van der Waals surface area contributed by atoms with Gasteiger partial charge in [-0.25, -0.2) is 4.98 Å². The van der Waals surface area contributed by atoms with Gasteiger partial charge < -0.3 is 14.7 Å². The molecule has 0 aliphatic carbocycles. The van der Waals surface area contributed by atoms with E-state index in [4.69, 9.17) is 9.84 Å². The smallest absolute Gasteiger partial charge is 0.185 e. The van der Waals surface area contributed by atoms with Gasteiger partial charge in [0.2, 0.25) is 0 Å². The van der Waals surface area contributed by atoms with E-state index in [0.29, 0.717) is 6.10 Å². The molecule has 0 bridgehead atoms. The van der Waals surface area contributed by atoms with Crippen molar-refractivity contribution in [3.05, 3.63) is 11.1 Å². The topological polar surface area (TPSA) is 45.6 Å². The highest BCUT2D eigenvalue weighted by Crippen LogP contribution is 2.23. The van der Waals surface area contributed by atoms with E-state index in [-0.39, 0.29) is 6.61 Å². The molecule has 0 aromatic carbocycles. The zero-order valence-corrected chi connectivity index (χ0v) is 9.66. The average Bonchev–Trinajstić information content (AvgIpc) is 2.86. The summed E-state index contributed by atoms with van der Waals surface area (Å²) in [5, 5.41) is 9.90. The maximum atomic E-state index is 8.94. The third-order valence-electron chi connectivity index (χ3n) is 2.53. The number of hydrogen-bond acceptors (Lipinski definition) is 5. The Bertz CT molecular complexity index is 310. The fourth-order valence-corrected chi connectivity index (χ4v) is 2.46. The number of likely N-dealkylation sites (N-methyl/N-ethyl adjacent to an activating group) is 1. The third-order valence-corrected chi connectivity index (χ3v) is 3.62. The highest BCUT2D eigenvalue weighted by Gasteiger charge is 2.18. The molecule has 15 heavy (non-hydrogen) atoms. The number of thiazole rings is 1. The number of hydrogen-bond donors (Lipinski definition) is 1. The lowest BCUT2D eigenvalue weighted by Crippen LogP contribution is -2.28. The standard InChI is InChI=1S/C10H16N2O2S/c1-12(6-8-3-2-4-14-8)10-11-5-9(7-13)15-10/h5,8,13H,2-4,6-7H2,1H3. The Kier molecular flexibility index (Phi) is 3.56. The molecule has 1 N–H and O–H groups in total. The molecule has 0 amide bonds. The van der Waals surface area contributed by atoms with Gasteiger partial charge in [0.15, 0.2) is 5.13 Å². The molecule has 1 aromatic rings. The highest BCUT2D eigenvalue weighted by atomic mass is 32.1. The number of rotatable bonds is 4. The van der Waals surface area contributed by atoms with E-state index in [1.54, 1.807) is 6.20 Å². The van der Waals surface area contributed by atoms with Crippen LogP contribution in [0.4, 0.5) is 5.13 Å². The zero-order chi connectivity index (χ0) is 10.7. The Morgan fingerprint density at radius 1 is 1.73 bits per heavy atom. The van der Waals surface area contributed by atoms with Crippen LogP contribution in [0.3, 0.4) is 0 Å². The van der Waals surface area contributed by atoms with Crippen LogP contribution >= 0.6 is 11.3 Å². The Balaban J connectivity index is 1.91. The van der Waals surface area contributed by atoms with E-state index in [1.165, 1.54) is 11.3 Å². The Morgan fingerprint density at radius 3 is 3.20 bits per heavy atom. The van der Waals surface area contributed by atoms with Crippen molar-refractivity contribution >= 4 is 16.5 Å². The molecule has 0 spiro atoms. The zero-order valence-electron chi connectivity index (χ0n) is 8.85. The molecule has 2 heterocycles. The fraction of sp³-hybridized carbons (Fsp3) is 0.700. The lowest BCUT2D eigenvalue weighted by Gasteiger charge is -2.19. The SMILES string of the molecule is CN(CC1CCCO1)c1ncc(CO)s1. The van der Waals surface area contributed by atoms with Crippen LogP contribution in [0.1, 0.15) is 17.7 Å². The second-order valence-electron chi connectivity index (χ2n) is 3.78. The highest BCUT2D eigenvalue weighted by molar-refractivity contribution is 7.15. The van der Waals surface area contributed by atoms with Crippen LogP contribution in [0, 0.1) is 0 Å². The summed E-state index contributed by atoms with van der Waals surface area (Å²) in [5.74, 6) is 0. The molecule has 1 aromatic heterocycles. The van der Waals surface area contributed by atoms with E-state index >= 15 is 0 Å². The summed E-state index contributed by atoms with van der Waals surface area (Å²) >= 11 is 1.53. The first-order valence-corrected chi connectivity index (χ1v) is 5.99.